The first kappa shape index (κ1) is 20.9. The zero-order valence-electron chi connectivity index (χ0n) is 14.4. The van der Waals surface area contributed by atoms with Crippen molar-refractivity contribution in [2.45, 2.75) is 19.6 Å². The number of alkyl halides is 2. The second-order valence-corrected chi connectivity index (χ2v) is 7.45. The zero-order valence-corrected chi connectivity index (χ0v) is 15.2. The second kappa shape index (κ2) is 10.0. The van der Waals surface area contributed by atoms with Gasteiger partial charge in [-0.1, -0.05) is 0 Å². The Morgan fingerprint density at radius 1 is 1.32 bits per heavy atom. The Balaban J connectivity index is 2.64. The topological polar surface area (TPSA) is 89.0 Å². The van der Waals surface area contributed by atoms with E-state index in [0.717, 1.165) is 0 Å². The molecule has 1 aromatic rings. The average Bonchev–Trinajstić information content (AvgIpc) is 2.53. The van der Waals surface area contributed by atoms with Crippen molar-refractivity contribution in [1.82, 2.24) is 10.6 Å². The minimum atomic E-state index is -3.01. The first-order valence-electron chi connectivity index (χ1n) is 7.49. The molecule has 0 spiro atoms. The maximum atomic E-state index is 12.5. The molecule has 7 nitrogen and oxygen atoms in total. The summed E-state index contributed by atoms with van der Waals surface area (Å²) < 4.78 is 56.7. The van der Waals surface area contributed by atoms with Crippen molar-refractivity contribution in [3.63, 3.8) is 0 Å². The molecule has 0 aliphatic rings. The van der Waals surface area contributed by atoms with Gasteiger partial charge in [0, 0.05) is 32.0 Å². The first-order valence-corrected chi connectivity index (χ1v) is 9.55. The standard InChI is InChI=1S/C15H23F2N3O4S/c1-18-15(19-7-4-8-25(3,21)22)20-10-11-9-12(23-2)5-6-13(11)24-14(16)17/h5-6,9,14H,4,7-8,10H2,1-3H3,(H2,18,19,20). The molecule has 1 rings (SSSR count). The van der Waals surface area contributed by atoms with Gasteiger partial charge in [-0.2, -0.15) is 8.78 Å². The number of sulfone groups is 1. The van der Waals surface area contributed by atoms with Crippen LogP contribution in [0.1, 0.15) is 12.0 Å². The van der Waals surface area contributed by atoms with Gasteiger partial charge in [0.05, 0.1) is 12.9 Å². The Hall–Kier alpha value is -2.10. The molecule has 0 heterocycles. The van der Waals surface area contributed by atoms with Crippen LogP contribution in [0.25, 0.3) is 0 Å². The van der Waals surface area contributed by atoms with Crippen molar-refractivity contribution in [3.8, 4) is 11.5 Å². The lowest BCUT2D eigenvalue weighted by atomic mass is 10.2. The largest absolute Gasteiger partial charge is 0.497 e. The fraction of sp³-hybridized carbons (Fsp3) is 0.533. The van der Waals surface area contributed by atoms with Crippen LogP contribution >= 0.6 is 0 Å². The van der Waals surface area contributed by atoms with Crippen LogP contribution in [0.2, 0.25) is 0 Å². The maximum absolute atomic E-state index is 12.5. The van der Waals surface area contributed by atoms with E-state index >= 15 is 0 Å². The molecule has 2 N–H and O–H groups in total. The number of rotatable bonds is 9. The normalized spacial score (nSPS) is 12.2. The molecule has 0 atom stereocenters. The fourth-order valence-corrected chi connectivity index (χ4v) is 2.64. The third-order valence-electron chi connectivity index (χ3n) is 3.14. The molecule has 1 aromatic carbocycles. The Kier molecular flexibility index (Phi) is 8.39. The van der Waals surface area contributed by atoms with Gasteiger partial charge in [0.15, 0.2) is 5.96 Å². The number of guanidine groups is 1. The van der Waals surface area contributed by atoms with E-state index in [1.54, 1.807) is 13.1 Å². The lowest BCUT2D eigenvalue weighted by Gasteiger charge is -2.15. The van der Waals surface area contributed by atoms with Crippen LogP contribution in [0.3, 0.4) is 0 Å². The van der Waals surface area contributed by atoms with Crippen LogP contribution in [0, 0.1) is 0 Å². The monoisotopic (exact) mass is 379 g/mol. The maximum Gasteiger partial charge on any atom is 0.387 e. The molecular formula is C15H23F2N3O4S. The molecule has 0 aromatic heterocycles. The Morgan fingerprint density at radius 3 is 2.60 bits per heavy atom. The lowest BCUT2D eigenvalue weighted by molar-refractivity contribution is -0.0505. The summed E-state index contributed by atoms with van der Waals surface area (Å²) >= 11 is 0. The third-order valence-corrected chi connectivity index (χ3v) is 4.17. The van der Waals surface area contributed by atoms with Crippen molar-refractivity contribution < 1.29 is 26.7 Å². The number of hydrogen-bond acceptors (Lipinski definition) is 5. The van der Waals surface area contributed by atoms with E-state index in [1.807, 2.05) is 0 Å². The highest BCUT2D eigenvalue weighted by atomic mass is 32.2. The number of ether oxygens (including phenoxy) is 2. The molecule has 0 saturated carbocycles. The molecular weight excluding hydrogens is 356 g/mol. The number of nitrogens with zero attached hydrogens (tertiary/aromatic N) is 1. The minimum Gasteiger partial charge on any atom is -0.497 e. The van der Waals surface area contributed by atoms with E-state index in [4.69, 9.17) is 4.74 Å². The van der Waals surface area contributed by atoms with Gasteiger partial charge < -0.3 is 20.1 Å². The number of nitrogens with one attached hydrogen (secondary N) is 2. The van der Waals surface area contributed by atoms with Gasteiger partial charge in [0.1, 0.15) is 21.3 Å². The second-order valence-electron chi connectivity index (χ2n) is 5.19. The third kappa shape index (κ3) is 8.52. The molecule has 0 aliphatic heterocycles. The van der Waals surface area contributed by atoms with Gasteiger partial charge in [0.25, 0.3) is 0 Å². The van der Waals surface area contributed by atoms with E-state index in [1.165, 1.54) is 25.5 Å². The minimum absolute atomic E-state index is 0.0378. The molecule has 0 saturated heterocycles. The molecule has 10 heteroatoms. The van der Waals surface area contributed by atoms with Crippen molar-refractivity contribution in [1.29, 1.82) is 0 Å². The molecule has 0 aliphatic carbocycles. The highest BCUT2D eigenvalue weighted by molar-refractivity contribution is 7.90. The van der Waals surface area contributed by atoms with Crippen molar-refractivity contribution in [2.24, 2.45) is 4.99 Å². The summed E-state index contributed by atoms with van der Waals surface area (Å²) in [6.07, 6.45) is 1.60. The molecule has 0 amide bonds. The highest BCUT2D eigenvalue weighted by Crippen LogP contribution is 2.25. The Morgan fingerprint density at radius 2 is 2.04 bits per heavy atom. The number of benzene rings is 1. The van der Waals surface area contributed by atoms with Crippen LogP contribution in [-0.4, -0.2) is 53.7 Å². The SMILES string of the molecule is CN=C(NCCCS(C)(=O)=O)NCc1cc(OC)ccc1OC(F)F. The number of aliphatic imine (C=N–C) groups is 1. The van der Waals surface area contributed by atoms with Crippen LogP contribution in [0.4, 0.5) is 8.78 Å². The van der Waals surface area contributed by atoms with Crippen LogP contribution in [0.5, 0.6) is 11.5 Å². The summed E-state index contributed by atoms with van der Waals surface area (Å²) in [5, 5.41) is 5.91. The predicted molar refractivity (Wildman–Crippen MR) is 92.2 cm³/mol. The smallest absolute Gasteiger partial charge is 0.387 e. The zero-order chi connectivity index (χ0) is 18.9. The number of hydrogen-bond donors (Lipinski definition) is 2. The quantitative estimate of drug-likeness (QED) is 0.383. The van der Waals surface area contributed by atoms with Crippen LogP contribution in [-0.2, 0) is 16.4 Å². The molecule has 0 fully saturated rings. The summed E-state index contributed by atoms with van der Waals surface area (Å²) in [4.78, 5) is 4.00. The van der Waals surface area contributed by atoms with Gasteiger partial charge in [-0.15, -0.1) is 0 Å². The predicted octanol–water partition coefficient (Wildman–Crippen LogP) is 1.40. The van der Waals surface area contributed by atoms with Gasteiger partial charge in [0.2, 0.25) is 0 Å². The average molecular weight is 379 g/mol. The Bertz CT molecular complexity index is 681. The van der Waals surface area contributed by atoms with E-state index < -0.39 is 16.4 Å². The van der Waals surface area contributed by atoms with E-state index in [0.29, 0.717) is 30.2 Å². The van der Waals surface area contributed by atoms with Crippen LogP contribution < -0.4 is 20.1 Å². The summed E-state index contributed by atoms with van der Waals surface area (Å²) in [5.41, 5.74) is 0.471. The fourth-order valence-electron chi connectivity index (χ4n) is 1.97. The molecule has 25 heavy (non-hydrogen) atoms. The van der Waals surface area contributed by atoms with Gasteiger partial charge >= 0.3 is 6.61 Å². The first-order chi connectivity index (χ1) is 11.7. The van der Waals surface area contributed by atoms with Crippen molar-refractivity contribution >= 4 is 15.8 Å². The van der Waals surface area contributed by atoms with E-state index in [9.17, 15) is 17.2 Å². The molecule has 0 unspecified atom stereocenters. The van der Waals surface area contributed by atoms with Crippen molar-refractivity contribution in [3.05, 3.63) is 23.8 Å². The molecule has 0 bridgehead atoms. The Labute approximate surface area is 146 Å². The lowest BCUT2D eigenvalue weighted by Crippen LogP contribution is -2.37. The number of methoxy groups -OCH3 is 1. The van der Waals surface area contributed by atoms with Crippen LogP contribution in [0.15, 0.2) is 23.2 Å². The summed E-state index contributed by atoms with van der Waals surface area (Å²) in [6, 6.07) is 4.52. The summed E-state index contributed by atoms with van der Waals surface area (Å²) in [5.74, 6) is 1.03. The summed E-state index contributed by atoms with van der Waals surface area (Å²) in [6.45, 7) is -2.35. The molecule has 0 radical (unpaired) electrons. The number of halogens is 2. The summed E-state index contributed by atoms with van der Waals surface area (Å²) in [7, 11) is 0.0136. The molecule has 142 valence electrons. The van der Waals surface area contributed by atoms with E-state index in [2.05, 4.69) is 20.4 Å². The van der Waals surface area contributed by atoms with E-state index in [-0.39, 0.29) is 18.0 Å². The van der Waals surface area contributed by atoms with Gasteiger partial charge in [-0.3, -0.25) is 4.99 Å². The van der Waals surface area contributed by atoms with Crippen molar-refractivity contribution in [2.75, 3.05) is 32.7 Å². The highest BCUT2D eigenvalue weighted by Gasteiger charge is 2.11. The van der Waals surface area contributed by atoms with Gasteiger partial charge in [-0.25, -0.2) is 8.42 Å². The van der Waals surface area contributed by atoms with Gasteiger partial charge in [-0.05, 0) is 24.6 Å².